The van der Waals surface area contributed by atoms with E-state index in [2.05, 4.69) is 12.2 Å². The third kappa shape index (κ3) is 5.29. The fourth-order valence-corrected chi connectivity index (χ4v) is 3.96. The van der Waals surface area contributed by atoms with E-state index in [-0.39, 0.29) is 0 Å². The third-order valence-corrected chi connectivity index (χ3v) is 5.90. The molecule has 0 amide bonds. The van der Waals surface area contributed by atoms with Crippen molar-refractivity contribution in [3.63, 3.8) is 0 Å². The van der Waals surface area contributed by atoms with E-state index in [1.165, 1.54) is 4.31 Å². The summed E-state index contributed by atoms with van der Waals surface area (Å²) < 4.78 is 26.7. The van der Waals surface area contributed by atoms with Crippen LogP contribution in [0, 0.1) is 6.92 Å². The highest BCUT2D eigenvalue weighted by Crippen LogP contribution is 2.20. The van der Waals surface area contributed by atoms with Crippen LogP contribution in [0.25, 0.3) is 0 Å². The molecule has 1 aromatic carbocycles. The zero-order valence-corrected chi connectivity index (χ0v) is 15.0. The van der Waals surface area contributed by atoms with E-state index in [1.54, 1.807) is 24.9 Å². The number of hydrogen-bond donors (Lipinski definition) is 1. The predicted molar refractivity (Wildman–Crippen MR) is 91.4 cm³/mol. The number of benzene rings is 1. The van der Waals surface area contributed by atoms with E-state index in [9.17, 15) is 8.42 Å². The first kappa shape index (κ1) is 18.5. The van der Waals surface area contributed by atoms with Crippen LogP contribution < -0.4 is 5.32 Å². The van der Waals surface area contributed by atoms with Gasteiger partial charge in [-0.2, -0.15) is 11.8 Å². The van der Waals surface area contributed by atoms with Crippen molar-refractivity contribution in [2.75, 3.05) is 32.1 Å². The number of sulfonamides is 1. The largest absolute Gasteiger partial charge is 0.313 e. The van der Waals surface area contributed by atoms with Crippen LogP contribution in [-0.2, 0) is 16.6 Å². The lowest BCUT2D eigenvalue weighted by Crippen LogP contribution is -2.29. The van der Waals surface area contributed by atoms with Crippen molar-refractivity contribution in [2.24, 2.45) is 0 Å². The van der Waals surface area contributed by atoms with Crippen LogP contribution in [0.3, 0.4) is 0 Å². The molecule has 1 N–H and O–H groups in total. The van der Waals surface area contributed by atoms with Crippen LogP contribution in [0.4, 0.5) is 0 Å². The minimum atomic E-state index is -3.40. The number of aryl methyl sites for hydroxylation is 1. The molecule has 0 aliphatic heterocycles. The monoisotopic (exact) mass is 330 g/mol. The van der Waals surface area contributed by atoms with Crippen molar-refractivity contribution in [1.82, 2.24) is 9.62 Å². The van der Waals surface area contributed by atoms with Gasteiger partial charge in [-0.05, 0) is 43.3 Å². The minimum absolute atomic E-state index is 0.418. The molecule has 0 unspecified atom stereocenters. The Bertz CT molecular complexity index is 545. The molecule has 6 heteroatoms. The second kappa shape index (κ2) is 8.78. The molecule has 120 valence electrons. The van der Waals surface area contributed by atoms with Crippen LogP contribution in [-0.4, -0.2) is 44.9 Å². The lowest BCUT2D eigenvalue weighted by molar-refractivity contribution is 0.488. The zero-order chi connectivity index (χ0) is 15.9. The zero-order valence-electron chi connectivity index (χ0n) is 13.3. The van der Waals surface area contributed by atoms with E-state index < -0.39 is 10.0 Å². The van der Waals surface area contributed by atoms with Crippen LogP contribution in [0.5, 0.6) is 0 Å². The molecular weight excluding hydrogens is 304 g/mol. The Balaban J connectivity index is 2.96. The highest BCUT2D eigenvalue weighted by molar-refractivity contribution is 7.98. The molecule has 0 atom stereocenters. The molecule has 0 bridgehead atoms. The van der Waals surface area contributed by atoms with Crippen LogP contribution in [0.1, 0.15) is 24.5 Å². The molecule has 0 heterocycles. The van der Waals surface area contributed by atoms with Gasteiger partial charge in [0.25, 0.3) is 0 Å². The summed E-state index contributed by atoms with van der Waals surface area (Å²) in [6, 6.07) is 5.67. The molecular formula is C15H26N2O2S2. The molecule has 21 heavy (non-hydrogen) atoms. The highest BCUT2D eigenvalue weighted by atomic mass is 32.2. The molecule has 0 aromatic heterocycles. The van der Waals surface area contributed by atoms with Crippen molar-refractivity contribution in [2.45, 2.75) is 31.7 Å². The second-order valence-electron chi connectivity index (χ2n) is 5.10. The Morgan fingerprint density at radius 3 is 2.67 bits per heavy atom. The van der Waals surface area contributed by atoms with Crippen LogP contribution >= 0.6 is 11.8 Å². The van der Waals surface area contributed by atoms with Gasteiger partial charge in [0, 0.05) is 25.9 Å². The Hall–Kier alpha value is -0.560. The molecule has 0 radical (unpaired) electrons. The van der Waals surface area contributed by atoms with E-state index in [0.717, 1.165) is 29.8 Å². The summed E-state index contributed by atoms with van der Waals surface area (Å²) in [5.74, 6) is 0.798. The average molecular weight is 331 g/mol. The van der Waals surface area contributed by atoms with Gasteiger partial charge in [-0.15, -0.1) is 0 Å². The van der Waals surface area contributed by atoms with E-state index >= 15 is 0 Å². The van der Waals surface area contributed by atoms with Gasteiger partial charge in [0.15, 0.2) is 0 Å². The Labute approximate surface area is 133 Å². The van der Waals surface area contributed by atoms with Crippen molar-refractivity contribution in [1.29, 1.82) is 0 Å². The summed E-state index contributed by atoms with van der Waals surface area (Å²) >= 11 is 1.65. The fourth-order valence-electron chi connectivity index (χ4n) is 1.95. The molecule has 1 aromatic rings. The van der Waals surface area contributed by atoms with Gasteiger partial charge >= 0.3 is 0 Å². The van der Waals surface area contributed by atoms with E-state index in [1.807, 2.05) is 25.3 Å². The number of nitrogens with one attached hydrogen (secondary N) is 1. The maximum Gasteiger partial charge on any atom is 0.243 e. The summed E-state index contributed by atoms with van der Waals surface area (Å²) in [5.41, 5.74) is 1.80. The van der Waals surface area contributed by atoms with Crippen molar-refractivity contribution in [3.05, 3.63) is 29.3 Å². The maximum atomic E-state index is 12.6. The quantitative estimate of drug-likeness (QED) is 0.707. The average Bonchev–Trinajstić information content (AvgIpc) is 2.46. The lowest BCUT2D eigenvalue weighted by atomic mass is 10.1. The molecule has 1 rings (SSSR count). The summed E-state index contributed by atoms with van der Waals surface area (Å²) in [6.07, 6.45) is 3.04. The van der Waals surface area contributed by atoms with Crippen molar-refractivity contribution >= 4 is 21.8 Å². The van der Waals surface area contributed by atoms with Crippen molar-refractivity contribution in [3.8, 4) is 0 Å². The first-order valence-corrected chi connectivity index (χ1v) is 10.0. The minimum Gasteiger partial charge on any atom is -0.313 e. The van der Waals surface area contributed by atoms with Gasteiger partial charge in [0.1, 0.15) is 0 Å². The Kier molecular flexibility index (Phi) is 7.73. The second-order valence-corrected chi connectivity index (χ2v) is 8.09. The number of rotatable bonds is 9. The summed E-state index contributed by atoms with van der Waals surface area (Å²) in [7, 11) is -1.76. The molecule has 0 saturated heterocycles. The number of thioether (sulfide) groups is 1. The van der Waals surface area contributed by atoms with Gasteiger partial charge in [0.2, 0.25) is 10.0 Å². The van der Waals surface area contributed by atoms with Gasteiger partial charge in [-0.3, -0.25) is 0 Å². The van der Waals surface area contributed by atoms with Crippen LogP contribution in [0.2, 0.25) is 0 Å². The fraction of sp³-hybridized carbons (Fsp3) is 0.600. The molecule has 0 spiro atoms. The van der Waals surface area contributed by atoms with Crippen LogP contribution in [0.15, 0.2) is 23.1 Å². The lowest BCUT2D eigenvalue weighted by Gasteiger charge is -2.19. The van der Waals surface area contributed by atoms with Gasteiger partial charge in [0.05, 0.1) is 4.90 Å². The summed E-state index contributed by atoms with van der Waals surface area (Å²) in [6.45, 7) is 6.12. The molecule has 0 saturated carbocycles. The highest BCUT2D eigenvalue weighted by Gasteiger charge is 2.22. The summed E-state index contributed by atoms with van der Waals surface area (Å²) in [5, 5.41) is 3.30. The normalized spacial score (nSPS) is 12.0. The first-order valence-electron chi connectivity index (χ1n) is 7.19. The first-order chi connectivity index (χ1) is 9.93. The topological polar surface area (TPSA) is 49.4 Å². The Morgan fingerprint density at radius 2 is 2.05 bits per heavy atom. The number of nitrogens with zero attached hydrogens (tertiary/aromatic N) is 1. The van der Waals surface area contributed by atoms with E-state index in [4.69, 9.17) is 0 Å². The predicted octanol–water partition coefficient (Wildman–Crippen LogP) is 2.48. The molecule has 0 aliphatic rings. The molecule has 4 nitrogen and oxygen atoms in total. The standard InChI is InChI=1S/C15H26N2O2S2/c1-5-8-16-12-14-7-6-13(2)15(11-14)21(18,19)17(3)9-10-20-4/h6-7,11,16H,5,8-10,12H2,1-4H3. The third-order valence-electron chi connectivity index (χ3n) is 3.31. The Morgan fingerprint density at radius 1 is 1.33 bits per heavy atom. The molecule has 0 aliphatic carbocycles. The maximum absolute atomic E-state index is 12.6. The SMILES string of the molecule is CCCNCc1ccc(C)c(S(=O)(=O)N(C)CCSC)c1. The molecule has 0 fully saturated rings. The van der Waals surface area contributed by atoms with Crippen molar-refractivity contribution < 1.29 is 8.42 Å². The smallest absolute Gasteiger partial charge is 0.243 e. The van der Waals surface area contributed by atoms with Gasteiger partial charge < -0.3 is 5.32 Å². The summed E-state index contributed by atoms with van der Waals surface area (Å²) in [4.78, 5) is 0.418. The van der Waals surface area contributed by atoms with Gasteiger partial charge in [-0.25, -0.2) is 12.7 Å². The van der Waals surface area contributed by atoms with E-state index in [0.29, 0.717) is 18.0 Å². The number of hydrogen-bond acceptors (Lipinski definition) is 4. The van der Waals surface area contributed by atoms with Gasteiger partial charge in [-0.1, -0.05) is 19.1 Å².